The Hall–Kier alpha value is -3.12. The molecule has 0 radical (unpaired) electrons. The van der Waals surface area contributed by atoms with Crippen LogP contribution in [-0.4, -0.2) is 35.4 Å². The lowest BCUT2D eigenvalue weighted by Crippen LogP contribution is -2.20. The van der Waals surface area contributed by atoms with Gasteiger partial charge in [0.15, 0.2) is 10.3 Å². The lowest BCUT2D eigenvalue weighted by atomic mass is 10.3. The van der Waals surface area contributed by atoms with Gasteiger partial charge in [-0.25, -0.2) is 9.97 Å². The minimum Gasteiger partial charge on any atom is -0.435 e. The molecule has 0 bridgehead atoms. The van der Waals surface area contributed by atoms with Gasteiger partial charge in [-0.05, 0) is 24.3 Å². The first-order valence-corrected chi connectivity index (χ1v) is 9.92. The fraction of sp³-hybridized carbons (Fsp3) is 0.176. The second kappa shape index (κ2) is 9.39. The highest BCUT2D eigenvalue weighted by Crippen LogP contribution is 2.24. The zero-order chi connectivity index (χ0) is 20.8. The molecule has 0 aliphatic carbocycles. The van der Waals surface area contributed by atoms with Gasteiger partial charge < -0.3 is 15.4 Å². The van der Waals surface area contributed by atoms with E-state index in [-0.39, 0.29) is 23.8 Å². The van der Waals surface area contributed by atoms with Crippen molar-refractivity contribution in [3.05, 3.63) is 46.4 Å². The normalized spacial score (nSPS) is 10.6. The molecular weight excluding hydrogens is 424 g/mol. The van der Waals surface area contributed by atoms with Crippen LogP contribution in [0.2, 0.25) is 0 Å². The number of nitrogens with one attached hydrogen (secondary N) is 3. The van der Waals surface area contributed by atoms with Gasteiger partial charge >= 0.3 is 6.61 Å². The first kappa shape index (κ1) is 20.6. The van der Waals surface area contributed by atoms with Gasteiger partial charge in [-0.1, -0.05) is 0 Å². The average molecular weight is 439 g/mol. The minimum absolute atomic E-state index is 0.0454. The van der Waals surface area contributed by atoms with Crippen molar-refractivity contribution in [1.82, 2.24) is 15.3 Å². The molecule has 0 atom stereocenters. The number of halogens is 2. The molecule has 2 aromatic heterocycles. The highest BCUT2D eigenvalue weighted by atomic mass is 32.1. The molecule has 3 aromatic rings. The van der Waals surface area contributed by atoms with Crippen molar-refractivity contribution >= 4 is 50.4 Å². The van der Waals surface area contributed by atoms with Crippen LogP contribution in [0.5, 0.6) is 5.75 Å². The fourth-order valence-corrected chi connectivity index (χ4v) is 3.55. The fourth-order valence-electron chi connectivity index (χ4n) is 2.14. The number of alkyl halides is 2. The predicted octanol–water partition coefficient (Wildman–Crippen LogP) is 3.49. The van der Waals surface area contributed by atoms with Crippen LogP contribution >= 0.6 is 22.7 Å². The number of likely N-dealkylation sites (N-methyl/N-ethyl adjacent to an activating group) is 1. The number of ether oxygens (including phenoxy) is 1. The van der Waals surface area contributed by atoms with Gasteiger partial charge in [-0.2, -0.15) is 8.78 Å². The number of hydrogen-bond acceptors (Lipinski definition) is 8. The van der Waals surface area contributed by atoms with Gasteiger partial charge in [0, 0.05) is 23.5 Å². The highest BCUT2D eigenvalue weighted by Gasteiger charge is 2.14. The van der Waals surface area contributed by atoms with E-state index < -0.39 is 12.5 Å². The van der Waals surface area contributed by atoms with Gasteiger partial charge in [0.1, 0.15) is 11.4 Å². The summed E-state index contributed by atoms with van der Waals surface area (Å²) in [5.41, 5.74) is 1.36. The Kier molecular flexibility index (Phi) is 6.67. The highest BCUT2D eigenvalue weighted by molar-refractivity contribution is 7.14. The third-order valence-electron chi connectivity index (χ3n) is 3.46. The summed E-state index contributed by atoms with van der Waals surface area (Å²) >= 11 is 2.42. The third kappa shape index (κ3) is 5.93. The van der Waals surface area contributed by atoms with Crippen LogP contribution in [0.1, 0.15) is 16.2 Å². The molecule has 0 spiro atoms. The Balaban J connectivity index is 1.58. The Morgan fingerprint density at radius 3 is 2.52 bits per heavy atom. The minimum atomic E-state index is -2.88. The van der Waals surface area contributed by atoms with Gasteiger partial charge in [-0.15, -0.1) is 22.7 Å². The van der Waals surface area contributed by atoms with E-state index in [4.69, 9.17) is 0 Å². The summed E-state index contributed by atoms with van der Waals surface area (Å²) < 4.78 is 28.6. The Morgan fingerprint density at radius 1 is 1.10 bits per heavy atom. The molecule has 0 fully saturated rings. The molecule has 0 saturated carbocycles. The maximum atomic E-state index is 12.3. The van der Waals surface area contributed by atoms with Gasteiger partial charge in [-0.3, -0.25) is 14.9 Å². The zero-order valence-corrected chi connectivity index (χ0v) is 16.6. The van der Waals surface area contributed by atoms with E-state index in [0.717, 1.165) is 0 Å². The monoisotopic (exact) mass is 439 g/mol. The van der Waals surface area contributed by atoms with E-state index in [9.17, 15) is 18.4 Å². The summed E-state index contributed by atoms with van der Waals surface area (Å²) in [6.45, 7) is -2.88. The number of benzene rings is 1. The van der Waals surface area contributed by atoms with Gasteiger partial charge in [0.05, 0.1) is 12.1 Å². The second-order valence-corrected chi connectivity index (χ2v) is 7.23. The van der Waals surface area contributed by atoms with Crippen LogP contribution in [0.25, 0.3) is 0 Å². The number of hydrogen-bond donors (Lipinski definition) is 3. The quantitative estimate of drug-likeness (QED) is 0.496. The maximum absolute atomic E-state index is 12.3. The Morgan fingerprint density at radius 2 is 1.83 bits per heavy atom. The molecular formula is C17H15F2N5O3S2. The van der Waals surface area contributed by atoms with Crippen molar-refractivity contribution in [3.8, 4) is 5.75 Å². The maximum Gasteiger partial charge on any atom is 0.387 e. The van der Waals surface area contributed by atoms with E-state index in [2.05, 4.69) is 30.7 Å². The second-order valence-electron chi connectivity index (χ2n) is 5.51. The number of nitrogens with zero attached hydrogens (tertiary/aromatic N) is 2. The summed E-state index contributed by atoms with van der Waals surface area (Å²) in [5.74, 6) is -0.558. The van der Waals surface area contributed by atoms with E-state index in [1.54, 1.807) is 22.9 Å². The zero-order valence-electron chi connectivity index (χ0n) is 14.9. The number of carbonyl (C=O) groups excluding carboxylic acids is 2. The molecule has 1 aromatic carbocycles. The standard InChI is InChI=1S/C17H15F2N5O3S2/c1-20-13(25)6-10-7-28-17(22-10)24-14(26)12-8-29-16(23-12)21-9-2-4-11(5-3-9)27-15(18)19/h2-5,7-8,15H,6H2,1H3,(H,20,25)(H,21,23)(H,22,24,26). The largest absolute Gasteiger partial charge is 0.435 e. The SMILES string of the molecule is CNC(=O)Cc1csc(NC(=O)c2csc(Nc3ccc(OC(F)F)cc3)n2)n1. The molecule has 0 aliphatic heterocycles. The molecule has 29 heavy (non-hydrogen) atoms. The number of thiazole rings is 2. The van der Waals surface area contributed by atoms with Crippen LogP contribution in [0.3, 0.4) is 0 Å². The van der Waals surface area contributed by atoms with Crippen molar-refractivity contribution in [3.63, 3.8) is 0 Å². The van der Waals surface area contributed by atoms with Gasteiger partial charge in [0.25, 0.3) is 5.91 Å². The lowest BCUT2D eigenvalue weighted by molar-refractivity contribution is -0.120. The molecule has 0 saturated heterocycles. The van der Waals surface area contributed by atoms with Gasteiger partial charge in [0.2, 0.25) is 5.91 Å². The predicted molar refractivity (Wildman–Crippen MR) is 106 cm³/mol. The summed E-state index contributed by atoms with van der Waals surface area (Å²) in [6.07, 6.45) is 0.134. The van der Waals surface area contributed by atoms with E-state index >= 15 is 0 Å². The van der Waals surface area contributed by atoms with Crippen LogP contribution < -0.4 is 20.7 Å². The number of aromatic nitrogens is 2. The Bertz CT molecular complexity index is 991. The summed E-state index contributed by atoms with van der Waals surface area (Å²) in [5, 5.41) is 12.2. The van der Waals surface area contributed by atoms with Crippen molar-refractivity contribution in [2.75, 3.05) is 17.7 Å². The van der Waals surface area contributed by atoms with Crippen LogP contribution in [0.15, 0.2) is 35.0 Å². The topological polar surface area (TPSA) is 105 Å². The number of amides is 2. The van der Waals surface area contributed by atoms with E-state index in [0.29, 0.717) is 21.6 Å². The average Bonchev–Trinajstić information content (AvgIpc) is 3.32. The number of carbonyl (C=O) groups is 2. The van der Waals surface area contributed by atoms with Crippen molar-refractivity contribution in [1.29, 1.82) is 0 Å². The lowest BCUT2D eigenvalue weighted by Gasteiger charge is -2.06. The number of anilines is 3. The molecule has 2 heterocycles. The Labute approximate surface area is 172 Å². The third-order valence-corrected chi connectivity index (χ3v) is 5.02. The smallest absolute Gasteiger partial charge is 0.387 e. The van der Waals surface area contributed by atoms with Crippen LogP contribution in [-0.2, 0) is 11.2 Å². The molecule has 0 unspecified atom stereocenters. The molecule has 0 aliphatic rings. The summed E-state index contributed by atoms with van der Waals surface area (Å²) in [6, 6.07) is 5.91. The summed E-state index contributed by atoms with van der Waals surface area (Å²) in [7, 11) is 1.54. The first-order chi connectivity index (χ1) is 13.9. The van der Waals surface area contributed by atoms with Crippen molar-refractivity contribution in [2.24, 2.45) is 0 Å². The first-order valence-electron chi connectivity index (χ1n) is 8.16. The molecule has 8 nitrogen and oxygen atoms in total. The summed E-state index contributed by atoms with van der Waals surface area (Å²) in [4.78, 5) is 32.1. The van der Waals surface area contributed by atoms with Crippen molar-refractivity contribution < 1.29 is 23.1 Å². The van der Waals surface area contributed by atoms with E-state index in [1.165, 1.54) is 41.9 Å². The molecule has 2 amide bonds. The number of rotatable bonds is 8. The van der Waals surface area contributed by atoms with Crippen LogP contribution in [0, 0.1) is 0 Å². The van der Waals surface area contributed by atoms with Crippen molar-refractivity contribution in [2.45, 2.75) is 13.0 Å². The molecule has 3 N–H and O–H groups in total. The molecule has 12 heteroatoms. The van der Waals surface area contributed by atoms with E-state index in [1.807, 2.05) is 0 Å². The molecule has 3 rings (SSSR count). The van der Waals surface area contributed by atoms with Crippen LogP contribution in [0.4, 0.5) is 24.7 Å². The molecule has 152 valence electrons.